The first-order chi connectivity index (χ1) is 9.13. The number of hydrogen-bond donors (Lipinski definition) is 2. The molecule has 3 aliphatic rings. The summed E-state index contributed by atoms with van der Waals surface area (Å²) in [5.41, 5.74) is 8.84. The third-order valence-electron chi connectivity index (χ3n) is 4.71. The van der Waals surface area contributed by atoms with Crippen molar-refractivity contribution in [3.63, 3.8) is 0 Å². The number of nitrogens with zero attached hydrogens (tertiary/aromatic N) is 1. The number of rotatable bonds is 1. The van der Waals surface area contributed by atoms with Gasteiger partial charge in [-0.05, 0) is 53.2 Å². The molecule has 19 heavy (non-hydrogen) atoms. The number of piperidine rings is 1. The van der Waals surface area contributed by atoms with Crippen LogP contribution in [-0.2, 0) is 4.79 Å². The average molecular weight is 322 g/mol. The Balaban J connectivity index is 1.75. The highest BCUT2D eigenvalue weighted by molar-refractivity contribution is 9.10. The summed E-state index contributed by atoms with van der Waals surface area (Å²) in [4.78, 5) is 14.1. The Morgan fingerprint density at radius 3 is 2.89 bits per heavy atom. The minimum atomic E-state index is -0.532. The molecule has 1 saturated carbocycles. The predicted molar refractivity (Wildman–Crippen MR) is 78.2 cm³/mol. The van der Waals surface area contributed by atoms with E-state index in [0.29, 0.717) is 6.04 Å². The number of anilines is 2. The Morgan fingerprint density at radius 1 is 1.37 bits per heavy atom. The molecule has 2 heterocycles. The standard InChI is InChI=1S/C14H16BrN3O/c15-10-4-9-11(17-14(19)13(9)16)5-12(10)18-6-7-1-2-8(18)3-7/h4-5,7-8,13H,1-3,6,16H2,(H,17,19). The van der Waals surface area contributed by atoms with Crippen LogP contribution in [0.25, 0.3) is 0 Å². The normalized spacial score (nSPS) is 31.8. The third kappa shape index (κ3) is 1.64. The molecular weight excluding hydrogens is 306 g/mol. The molecule has 0 aromatic heterocycles. The highest BCUT2D eigenvalue weighted by Crippen LogP contribution is 2.45. The number of fused-ring (bicyclic) bond motifs is 3. The minimum Gasteiger partial charge on any atom is -0.367 e. The average Bonchev–Trinajstić information content (AvgIpc) is 3.06. The maximum absolute atomic E-state index is 11.6. The van der Waals surface area contributed by atoms with Crippen LogP contribution in [0.4, 0.5) is 11.4 Å². The fraction of sp³-hybridized carbons (Fsp3) is 0.500. The number of benzene rings is 1. The second-order valence-corrected chi connectivity index (χ2v) is 6.70. The molecule has 5 heteroatoms. The van der Waals surface area contributed by atoms with Crippen LogP contribution in [-0.4, -0.2) is 18.5 Å². The fourth-order valence-corrected chi connectivity index (χ4v) is 4.32. The minimum absolute atomic E-state index is 0.109. The van der Waals surface area contributed by atoms with Crippen LogP contribution in [0.15, 0.2) is 16.6 Å². The first-order valence-electron chi connectivity index (χ1n) is 6.80. The lowest BCUT2D eigenvalue weighted by molar-refractivity contribution is -0.116. The van der Waals surface area contributed by atoms with Crippen LogP contribution in [0.3, 0.4) is 0 Å². The van der Waals surface area contributed by atoms with Gasteiger partial charge in [-0.15, -0.1) is 0 Å². The molecule has 2 aliphatic heterocycles. The molecule has 4 rings (SSSR count). The van der Waals surface area contributed by atoms with E-state index in [9.17, 15) is 4.79 Å². The molecule has 2 fully saturated rings. The summed E-state index contributed by atoms with van der Waals surface area (Å²) in [5.74, 6) is 0.740. The van der Waals surface area contributed by atoms with Crippen molar-refractivity contribution in [1.82, 2.24) is 0 Å². The van der Waals surface area contributed by atoms with Crippen molar-refractivity contribution in [3.8, 4) is 0 Å². The number of nitrogens with two attached hydrogens (primary N) is 1. The molecule has 2 bridgehead atoms. The lowest BCUT2D eigenvalue weighted by Gasteiger charge is -2.30. The Bertz CT molecular complexity index is 574. The summed E-state index contributed by atoms with van der Waals surface area (Å²) in [7, 11) is 0. The SMILES string of the molecule is NC1C(=O)Nc2cc(N3CC4CCC3C4)c(Br)cc21. The molecule has 1 saturated heterocycles. The van der Waals surface area contributed by atoms with Crippen molar-refractivity contribution in [2.24, 2.45) is 11.7 Å². The summed E-state index contributed by atoms with van der Waals surface area (Å²) in [5, 5.41) is 2.87. The first kappa shape index (κ1) is 11.7. The third-order valence-corrected chi connectivity index (χ3v) is 5.35. The topological polar surface area (TPSA) is 58.4 Å². The van der Waals surface area contributed by atoms with Gasteiger partial charge in [-0.3, -0.25) is 4.79 Å². The van der Waals surface area contributed by atoms with Crippen LogP contribution in [0.5, 0.6) is 0 Å². The van der Waals surface area contributed by atoms with Gasteiger partial charge in [-0.1, -0.05) is 0 Å². The summed E-state index contributed by atoms with van der Waals surface area (Å²) in [6.07, 6.45) is 3.97. The zero-order valence-electron chi connectivity index (χ0n) is 10.5. The van der Waals surface area contributed by atoms with Crippen molar-refractivity contribution in [2.75, 3.05) is 16.8 Å². The molecule has 3 N–H and O–H groups in total. The number of nitrogens with one attached hydrogen (secondary N) is 1. The number of hydrogen-bond acceptors (Lipinski definition) is 3. The number of carbonyl (C=O) groups is 1. The van der Waals surface area contributed by atoms with Gasteiger partial charge in [0.15, 0.2) is 0 Å². The second-order valence-electron chi connectivity index (χ2n) is 5.84. The van der Waals surface area contributed by atoms with Crippen molar-refractivity contribution < 1.29 is 4.79 Å². The van der Waals surface area contributed by atoms with Gasteiger partial charge in [0.1, 0.15) is 6.04 Å². The van der Waals surface area contributed by atoms with Crippen molar-refractivity contribution >= 4 is 33.2 Å². The van der Waals surface area contributed by atoms with Gasteiger partial charge in [0.05, 0.1) is 5.69 Å². The van der Waals surface area contributed by atoms with E-state index in [4.69, 9.17) is 5.73 Å². The van der Waals surface area contributed by atoms with E-state index >= 15 is 0 Å². The highest BCUT2D eigenvalue weighted by atomic mass is 79.9. The fourth-order valence-electron chi connectivity index (χ4n) is 3.73. The zero-order valence-corrected chi connectivity index (χ0v) is 12.1. The van der Waals surface area contributed by atoms with Crippen molar-refractivity contribution in [3.05, 3.63) is 22.2 Å². The van der Waals surface area contributed by atoms with Crippen LogP contribution in [0, 0.1) is 5.92 Å². The Hall–Kier alpha value is -1.07. The maximum Gasteiger partial charge on any atom is 0.245 e. The summed E-state index contributed by atoms with van der Waals surface area (Å²) >= 11 is 3.64. The lowest BCUT2D eigenvalue weighted by atomic mass is 10.1. The van der Waals surface area contributed by atoms with E-state index in [1.54, 1.807) is 0 Å². The molecule has 3 atom stereocenters. The summed E-state index contributed by atoms with van der Waals surface area (Å²) in [6, 6.07) is 4.21. The van der Waals surface area contributed by atoms with Gasteiger partial charge in [-0.2, -0.15) is 0 Å². The quantitative estimate of drug-likeness (QED) is 0.835. The molecule has 3 unspecified atom stereocenters. The van der Waals surface area contributed by atoms with Crippen LogP contribution in [0.2, 0.25) is 0 Å². The first-order valence-corrected chi connectivity index (χ1v) is 7.59. The molecule has 1 aromatic rings. The molecule has 0 spiro atoms. The van der Waals surface area contributed by atoms with E-state index < -0.39 is 6.04 Å². The Kier molecular flexibility index (Phi) is 2.45. The number of amides is 1. The molecule has 100 valence electrons. The molecule has 4 nitrogen and oxygen atoms in total. The molecular formula is C14H16BrN3O. The Labute approximate surface area is 120 Å². The predicted octanol–water partition coefficient (Wildman–Crippen LogP) is 2.39. The van der Waals surface area contributed by atoms with Crippen LogP contribution >= 0.6 is 15.9 Å². The molecule has 0 radical (unpaired) electrons. The van der Waals surface area contributed by atoms with Gasteiger partial charge < -0.3 is 16.0 Å². The van der Waals surface area contributed by atoms with Gasteiger partial charge in [-0.25, -0.2) is 0 Å². The van der Waals surface area contributed by atoms with Crippen LogP contribution < -0.4 is 16.0 Å². The largest absolute Gasteiger partial charge is 0.367 e. The molecule has 1 aliphatic carbocycles. The van der Waals surface area contributed by atoms with E-state index in [0.717, 1.165) is 28.2 Å². The van der Waals surface area contributed by atoms with E-state index in [1.807, 2.05) is 6.07 Å². The van der Waals surface area contributed by atoms with Crippen molar-refractivity contribution in [1.29, 1.82) is 0 Å². The van der Waals surface area contributed by atoms with E-state index in [-0.39, 0.29) is 5.91 Å². The van der Waals surface area contributed by atoms with Gasteiger partial charge in [0, 0.05) is 28.3 Å². The van der Waals surface area contributed by atoms with Crippen LogP contribution in [0.1, 0.15) is 30.9 Å². The lowest BCUT2D eigenvalue weighted by Crippen LogP contribution is -2.32. The smallest absolute Gasteiger partial charge is 0.245 e. The Morgan fingerprint density at radius 2 is 2.21 bits per heavy atom. The van der Waals surface area contributed by atoms with E-state index in [1.165, 1.54) is 24.9 Å². The van der Waals surface area contributed by atoms with Crippen molar-refractivity contribution in [2.45, 2.75) is 31.3 Å². The van der Waals surface area contributed by atoms with Gasteiger partial charge in [0.2, 0.25) is 5.91 Å². The summed E-state index contributed by atoms with van der Waals surface area (Å²) in [6.45, 7) is 1.14. The number of halogens is 1. The van der Waals surface area contributed by atoms with Gasteiger partial charge in [0.25, 0.3) is 0 Å². The van der Waals surface area contributed by atoms with Gasteiger partial charge >= 0.3 is 0 Å². The maximum atomic E-state index is 11.6. The molecule has 1 amide bonds. The monoisotopic (exact) mass is 321 g/mol. The second kappa shape index (κ2) is 3.96. The number of carbonyl (C=O) groups excluding carboxylic acids is 1. The van der Waals surface area contributed by atoms with E-state index in [2.05, 4.69) is 32.2 Å². The molecule has 1 aromatic carbocycles. The zero-order chi connectivity index (χ0) is 13.1. The summed E-state index contributed by atoms with van der Waals surface area (Å²) < 4.78 is 1.05. The highest BCUT2D eigenvalue weighted by Gasteiger charge is 2.39.